The van der Waals surface area contributed by atoms with Crippen LogP contribution in [-0.2, 0) is 0 Å². The summed E-state index contributed by atoms with van der Waals surface area (Å²) in [7, 11) is 4.15. The Bertz CT molecular complexity index is 150. The molecule has 2 nitrogen and oxygen atoms in total. The lowest BCUT2D eigenvalue weighted by molar-refractivity contribution is 0.156. The lowest BCUT2D eigenvalue weighted by atomic mass is 9.98. The lowest BCUT2D eigenvalue weighted by Gasteiger charge is -2.33. The fraction of sp³-hybridized carbons (Fsp3) is 1.00. The van der Waals surface area contributed by atoms with Crippen LogP contribution < -0.4 is 0 Å². The standard InChI is InChI=1S/C9H19N.C5H13N.CH4/c1-8(2)10-6-4-9(3)5-7-10;1-5(2)6(3)4;/h8-9H,4-7H2,1-3H3;5H,1-4H3;1H4. The molecule has 0 spiro atoms. The first-order valence-electron chi connectivity index (χ1n) is 6.75. The molecule has 1 aliphatic rings. The van der Waals surface area contributed by atoms with Crippen molar-refractivity contribution in [2.75, 3.05) is 27.2 Å². The van der Waals surface area contributed by atoms with E-state index in [1.165, 1.54) is 25.9 Å². The molecule has 0 aromatic rings. The molecule has 0 bridgehead atoms. The van der Waals surface area contributed by atoms with E-state index in [0.29, 0.717) is 6.04 Å². The van der Waals surface area contributed by atoms with Gasteiger partial charge in [-0.3, -0.25) is 0 Å². The molecule has 2 heteroatoms. The van der Waals surface area contributed by atoms with Gasteiger partial charge in [0.1, 0.15) is 0 Å². The monoisotopic (exact) mass is 244 g/mol. The van der Waals surface area contributed by atoms with Crippen LogP contribution in [0.3, 0.4) is 0 Å². The Hall–Kier alpha value is -0.0800. The molecule has 0 atom stereocenters. The van der Waals surface area contributed by atoms with Crippen molar-refractivity contribution in [2.45, 2.75) is 67.0 Å². The Morgan fingerprint density at radius 1 is 1.00 bits per heavy atom. The average Bonchev–Trinajstić information content (AvgIpc) is 2.19. The van der Waals surface area contributed by atoms with E-state index in [1.807, 2.05) is 0 Å². The maximum atomic E-state index is 2.57. The first-order chi connectivity index (χ1) is 7.34. The van der Waals surface area contributed by atoms with Crippen molar-refractivity contribution in [3.05, 3.63) is 0 Å². The zero-order valence-corrected chi connectivity index (χ0v) is 12.5. The summed E-state index contributed by atoms with van der Waals surface area (Å²) < 4.78 is 0. The van der Waals surface area contributed by atoms with Crippen molar-refractivity contribution >= 4 is 0 Å². The molecule has 17 heavy (non-hydrogen) atoms. The first kappa shape index (κ1) is 19.3. The Balaban J connectivity index is 0. The van der Waals surface area contributed by atoms with Crippen molar-refractivity contribution in [1.29, 1.82) is 0 Å². The van der Waals surface area contributed by atoms with E-state index in [1.54, 1.807) is 0 Å². The smallest absolute Gasteiger partial charge is 0.00385 e. The van der Waals surface area contributed by atoms with Gasteiger partial charge in [-0.15, -0.1) is 0 Å². The summed E-state index contributed by atoms with van der Waals surface area (Å²) in [5.41, 5.74) is 0. The van der Waals surface area contributed by atoms with E-state index in [0.717, 1.165) is 12.0 Å². The van der Waals surface area contributed by atoms with Crippen LogP contribution in [0.2, 0.25) is 0 Å². The van der Waals surface area contributed by atoms with Gasteiger partial charge in [-0.25, -0.2) is 0 Å². The van der Waals surface area contributed by atoms with Crippen LogP contribution in [0.1, 0.15) is 54.9 Å². The highest BCUT2D eigenvalue weighted by Crippen LogP contribution is 2.17. The van der Waals surface area contributed by atoms with E-state index < -0.39 is 0 Å². The van der Waals surface area contributed by atoms with Crippen LogP contribution in [0.25, 0.3) is 0 Å². The SMILES string of the molecule is C.CC(C)N(C)C.CC1CCN(C(C)C)CC1. The quantitative estimate of drug-likeness (QED) is 0.730. The third-order valence-corrected chi connectivity index (χ3v) is 3.58. The van der Waals surface area contributed by atoms with Gasteiger partial charge in [0.2, 0.25) is 0 Å². The summed E-state index contributed by atoms with van der Waals surface area (Å²) in [5, 5.41) is 0. The van der Waals surface area contributed by atoms with E-state index in [9.17, 15) is 0 Å². The van der Waals surface area contributed by atoms with Crippen molar-refractivity contribution in [3.63, 3.8) is 0 Å². The predicted molar refractivity (Wildman–Crippen MR) is 80.7 cm³/mol. The molecule has 1 fully saturated rings. The molecule has 0 saturated carbocycles. The van der Waals surface area contributed by atoms with Crippen molar-refractivity contribution in [1.82, 2.24) is 9.80 Å². The molecule has 0 unspecified atom stereocenters. The second-order valence-corrected chi connectivity index (χ2v) is 5.87. The van der Waals surface area contributed by atoms with Gasteiger partial charge in [0.05, 0.1) is 0 Å². The minimum absolute atomic E-state index is 0. The van der Waals surface area contributed by atoms with Crippen LogP contribution in [0.15, 0.2) is 0 Å². The fourth-order valence-electron chi connectivity index (χ4n) is 1.54. The number of piperidine rings is 1. The Morgan fingerprint density at radius 2 is 1.35 bits per heavy atom. The molecule has 0 radical (unpaired) electrons. The summed E-state index contributed by atoms with van der Waals surface area (Å²) in [6.07, 6.45) is 2.80. The highest BCUT2D eigenvalue weighted by atomic mass is 15.1. The fourth-order valence-corrected chi connectivity index (χ4v) is 1.54. The highest BCUT2D eigenvalue weighted by Gasteiger charge is 2.16. The van der Waals surface area contributed by atoms with E-state index in [2.05, 4.69) is 58.5 Å². The van der Waals surface area contributed by atoms with Crippen molar-refractivity contribution in [3.8, 4) is 0 Å². The number of rotatable bonds is 2. The van der Waals surface area contributed by atoms with E-state index in [-0.39, 0.29) is 7.43 Å². The predicted octanol–water partition coefficient (Wildman–Crippen LogP) is 3.72. The molecule has 106 valence electrons. The lowest BCUT2D eigenvalue weighted by Crippen LogP contribution is -2.37. The summed E-state index contributed by atoms with van der Waals surface area (Å²) in [6, 6.07) is 1.44. The van der Waals surface area contributed by atoms with E-state index >= 15 is 0 Å². The first-order valence-corrected chi connectivity index (χ1v) is 6.75. The second kappa shape index (κ2) is 9.90. The van der Waals surface area contributed by atoms with Crippen molar-refractivity contribution in [2.24, 2.45) is 5.92 Å². The normalized spacial score (nSPS) is 18.0. The number of likely N-dealkylation sites (tertiary alicyclic amines) is 1. The van der Waals surface area contributed by atoms with Gasteiger partial charge in [0, 0.05) is 12.1 Å². The molecule has 0 amide bonds. The average molecular weight is 244 g/mol. The molecule has 0 N–H and O–H groups in total. The largest absolute Gasteiger partial charge is 0.307 e. The minimum atomic E-state index is 0. The molecule has 0 aromatic carbocycles. The highest BCUT2D eigenvalue weighted by molar-refractivity contribution is 4.71. The molecule has 1 heterocycles. The molecule has 1 rings (SSSR count). The minimum Gasteiger partial charge on any atom is -0.307 e. The van der Waals surface area contributed by atoms with Crippen LogP contribution in [-0.4, -0.2) is 49.1 Å². The summed E-state index contributed by atoms with van der Waals surface area (Å²) in [4.78, 5) is 4.74. The van der Waals surface area contributed by atoms with Gasteiger partial charge < -0.3 is 9.80 Å². The molecule has 0 aliphatic carbocycles. The van der Waals surface area contributed by atoms with Gasteiger partial charge in [-0.1, -0.05) is 14.4 Å². The summed E-state index contributed by atoms with van der Waals surface area (Å²) in [6.45, 7) is 13.9. The Kier molecular flexibility index (Phi) is 11.2. The third-order valence-electron chi connectivity index (χ3n) is 3.58. The number of nitrogens with zero attached hydrogens (tertiary/aromatic N) is 2. The molecular weight excluding hydrogens is 208 g/mol. The third kappa shape index (κ3) is 9.61. The van der Waals surface area contributed by atoms with E-state index in [4.69, 9.17) is 0 Å². The van der Waals surface area contributed by atoms with Crippen LogP contribution in [0, 0.1) is 5.92 Å². The number of hydrogen-bond acceptors (Lipinski definition) is 2. The van der Waals surface area contributed by atoms with Crippen LogP contribution in [0.5, 0.6) is 0 Å². The Morgan fingerprint density at radius 3 is 1.59 bits per heavy atom. The van der Waals surface area contributed by atoms with Crippen LogP contribution >= 0.6 is 0 Å². The topological polar surface area (TPSA) is 6.48 Å². The van der Waals surface area contributed by atoms with Gasteiger partial charge in [0.15, 0.2) is 0 Å². The van der Waals surface area contributed by atoms with Gasteiger partial charge in [0.25, 0.3) is 0 Å². The molecule has 1 saturated heterocycles. The summed E-state index contributed by atoms with van der Waals surface area (Å²) in [5.74, 6) is 0.968. The van der Waals surface area contributed by atoms with Gasteiger partial charge in [-0.05, 0) is 73.6 Å². The van der Waals surface area contributed by atoms with Crippen molar-refractivity contribution < 1.29 is 0 Å². The zero-order valence-electron chi connectivity index (χ0n) is 12.5. The van der Waals surface area contributed by atoms with Crippen LogP contribution in [0.4, 0.5) is 0 Å². The molecular formula is C15H36N2. The van der Waals surface area contributed by atoms with Gasteiger partial charge in [-0.2, -0.15) is 0 Å². The Labute approximate surface area is 110 Å². The number of hydrogen-bond donors (Lipinski definition) is 0. The maximum absolute atomic E-state index is 2.57. The molecule has 0 aromatic heterocycles. The van der Waals surface area contributed by atoms with Gasteiger partial charge >= 0.3 is 0 Å². The zero-order chi connectivity index (χ0) is 12.7. The summed E-state index contributed by atoms with van der Waals surface area (Å²) >= 11 is 0. The second-order valence-electron chi connectivity index (χ2n) is 5.87. The molecule has 1 aliphatic heterocycles. The maximum Gasteiger partial charge on any atom is 0.00385 e.